The fourth-order valence-corrected chi connectivity index (χ4v) is 2.26. The SMILES string of the molecule is O=C1NC(C(=O)O)C1Cc1ccc2occc2c1. The van der Waals surface area contributed by atoms with E-state index in [2.05, 4.69) is 5.32 Å². The highest BCUT2D eigenvalue weighted by atomic mass is 16.4. The first-order valence-corrected chi connectivity index (χ1v) is 5.64. The number of carbonyl (C=O) groups is 2. The summed E-state index contributed by atoms with van der Waals surface area (Å²) in [5, 5.41) is 12.3. The average Bonchev–Trinajstić information content (AvgIpc) is 2.79. The number of carbonyl (C=O) groups excluding carboxylic acids is 1. The van der Waals surface area contributed by atoms with Gasteiger partial charge in [-0.2, -0.15) is 0 Å². The lowest BCUT2D eigenvalue weighted by atomic mass is 9.85. The molecule has 5 nitrogen and oxygen atoms in total. The molecule has 0 radical (unpaired) electrons. The summed E-state index contributed by atoms with van der Waals surface area (Å²) < 4.78 is 5.23. The summed E-state index contributed by atoms with van der Waals surface area (Å²) in [4.78, 5) is 22.2. The molecule has 1 saturated heterocycles. The number of carboxylic acids is 1. The molecule has 2 atom stereocenters. The zero-order valence-electron chi connectivity index (χ0n) is 9.42. The van der Waals surface area contributed by atoms with Crippen LogP contribution in [-0.4, -0.2) is 23.0 Å². The van der Waals surface area contributed by atoms with Gasteiger partial charge in [0.25, 0.3) is 0 Å². The zero-order valence-corrected chi connectivity index (χ0v) is 9.42. The number of furan rings is 1. The molecule has 92 valence electrons. The maximum absolute atomic E-state index is 11.4. The minimum Gasteiger partial charge on any atom is -0.480 e. The van der Waals surface area contributed by atoms with Crippen molar-refractivity contribution >= 4 is 22.8 Å². The molecule has 1 amide bonds. The number of fused-ring (bicyclic) bond motifs is 1. The van der Waals surface area contributed by atoms with Crippen LogP contribution in [0.5, 0.6) is 0 Å². The van der Waals surface area contributed by atoms with Crippen molar-refractivity contribution in [1.29, 1.82) is 0 Å². The molecule has 0 spiro atoms. The van der Waals surface area contributed by atoms with Gasteiger partial charge in [0.2, 0.25) is 5.91 Å². The van der Waals surface area contributed by atoms with Crippen LogP contribution in [0.25, 0.3) is 11.0 Å². The van der Waals surface area contributed by atoms with Gasteiger partial charge in [0.1, 0.15) is 11.6 Å². The first kappa shape index (κ1) is 10.8. The van der Waals surface area contributed by atoms with Crippen LogP contribution in [0.4, 0.5) is 0 Å². The van der Waals surface area contributed by atoms with Crippen LogP contribution in [-0.2, 0) is 16.0 Å². The van der Waals surface area contributed by atoms with Gasteiger partial charge < -0.3 is 14.8 Å². The summed E-state index contributed by atoms with van der Waals surface area (Å²) in [7, 11) is 0. The summed E-state index contributed by atoms with van der Waals surface area (Å²) in [5.74, 6) is -1.66. The van der Waals surface area contributed by atoms with Gasteiger partial charge in [-0.1, -0.05) is 6.07 Å². The molecular formula is C13H11NO4. The Morgan fingerprint density at radius 3 is 2.94 bits per heavy atom. The molecule has 2 heterocycles. The number of carboxylic acid groups (broad SMARTS) is 1. The van der Waals surface area contributed by atoms with Crippen molar-refractivity contribution in [3.8, 4) is 0 Å². The number of amides is 1. The lowest BCUT2D eigenvalue weighted by molar-refractivity contribution is -0.153. The normalized spacial score (nSPS) is 22.6. The second kappa shape index (κ2) is 3.87. The molecule has 1 fully saturated rings. The van der Waals surface area contributed by atoms with Crippen LogP contribution in [0, 0.1) is 5.92 Å². The molecule has 1 aliphatic heterocycles. The summed E-state index contributed by atoms with van der Waals surface area (Å²) in [6, 6.07) is 6.68. The predicted octanol–water partition coefficient (Wildman–Crippen LogP) is 1.17. The van der Waals surface area contributed by atoms with E-state index in [4.69, 9.17) is 9.52 Å². The standard InChI is InChI=1S/C13H11NO4/c15-12-9(11(14-12)13(16)17)6-7-1-2-10-8(5-7)3-4-18-10/h1-5,9,11H,6H2,(H,14,15)(H,16,17). The Kier molecular flexibility index (Phi) is 2.33. The Morgan fingerprint density at radius 1 is 1.39 bits per heavy atom. The summed E-state index contributed by atoms with van der Waals surface area (Å²) in [6.07, 6.45) is 2.04. The third kappa shape index (κ3) is 1.64. The quantitative estimate of drug-likeness (QED) is 0.795. The average molecular weight is 245 g/mol. The van der Waals surface area contributed by atoms with Crippen LogP contribution in [0.15, 0.2) is 34.9 Å². The van der Waals surface area contributed by atoms with Gasteiger partial charge in [-0.25, -0.2) is 4.79 Å². The van der Waals surface area contributed by atoms with Gasteiger partial charge in [0.05, 0.1) is 12.2 Å². The van der Waals surface area contributed by atoms with E-state index < -0.39 is 17.9 Å². The lowest BCUT2D eigenvalue weighted by Crippen LogP contribution is -2.62. The number of aliphatic carboxylic acids is 1. The maximum atomic E-state index is 11.4. The van der Waals surface area contributed by atoms with Crippen LogP contribution >= 0.6 is 0 Å². The number of β-lactam (4-membered cyclic amide) rings is 1. The van der Waals surface area contributed by atoms with E-state index in [1.165, 1.54) is 0 Å². The fourth-order valence-electron chi connectivity index (χ4n) is 2.26. The van der Waals surface area contributed by atoms with Crippen molar-refractivity contribution in [2.45, 2.75) is 12.5 Å². The van der Waals surface area contributed by atoms with Crippen molar-refractivity contribution in [3.05, 3.63) is 36.1 Å². The van der Waals surface area contributed by atoms with Gasteiger partial charge in [0.15, 0.2) is 0 Å². The Morgan fingerprint density at radius 2 is 2.22 bits per heavy atom. The molecule has 3 rings (SSSR count). The van der Waals surface area contributed by atoms with E-state index in [-0.39, 0.29) is 5.91 Å². The molecule has 2 aromatic rings. The van der Waals surface area contributed by atoms with Crippen molar-refractivity contribution in [1.82, 2.24) is 5.32 Å². The van der Waals surface area contributed by atoms with Gasteiger partial charge in [-0.15, -0.1) is 0 Å². The van der Waals surface area contributed by atoms with E-state index in [1.54, 1.807) is 6.26 Å². The Hall–Kier alpha value is -2.30. The van der Waals surface area contributed by atoms with Crippen LogP contribution in [0.3, 0.4) is 0 Å². The molecule has 0 saturated carbocycles. The first-order chi connectivity index (χ1) is 8.65. The van der Waals surface area contributed by atoms with E-state index >= 15 is 0 Å². The monoisotopic (exact) mass is 245 g/mol. The summed E-state index contributed by atoms with van der Waals surface area (Å²) in [6.45, 7) is 0. The van der Waals surface area contributed by atoms with E-state index in [1.807, 2.05) is 24.3 Å². The van der Waals surface area contributed by atoms with Crippen molar-refractivity contribution < 1.29 is 19.1 Å². The minimum atomic E-state index is -0.982. The smallest absolute Gasteiger partial charge is 0.327 e. The molecule has 1 aromatic carbocycles. The van der Waals surface area contributed by atoms with Crippen molar-refractivity contribution in [2.75, 3.05) is 0 Å². The molecule has 1 aliphatic rings. The molecule has 0 aliphatic carbocycles. The van der Waals surface area contributed by atoms with Crippen molar-refractivity contribution in [3.63, 3.8) is 0 Å². The minimum absolute atomic E-state index is 0.199. The third-order valence-corrected chi connectivity index (χ3v) is 3.28. The van der Waals surface area contributed by atoms with E-state index in [9.17, 15) is 9.59 Å². The molecule has 0 bridgehead atoms. The molecule has 2 unspecified atom stereocenters. The number of benzene rings is 1. The van der Waals surface area contributed by atoms with Crippen LogP contribution < -0.4 is 5.32 Å². The highest BCUT2D eigenvalue weighted by molar-refractivity contribution is 5.96. The Labute approximate surface area is 102 Å². The predicted molar refractivity (Wildman–Crippen MR) is 63.0 cm³/mol. The Balaban J connectivity index is 1.83. The second-order valence-electron chi connectivity index (χ2n) is 4.43. The fraction of sp³-hybridized carbons (Fsp3) is 0.231. The molecule has 5 heteroatoms. The molecule has 18 heavy (non-hydrogen) atoms. The third-order valence-electron chi connectivity index (χ3n) is 3.28. The van der Waals surface area contributed by atoms with Gasteiger partial charge in [-0.3, -0.25) is 4.79 Å². The maximum Gasteiger partial charge on any atom is 0.327 e. The van der Waals surface area contributed by atoms with Gasteiger partial charge >= 0.3 is 5.97 Å². The number of hydrogen-bond donors (Lipinski definition) is 2. The number of nitrogens with one attached hydrogen (secondary N) is 1. The summed E-state index contributed by atoms with van der Waals surface area (Å²) in [5.41, 5.74) is 1.72. The van der Waals surface area contributed by atoms with Crippen LogP contribution in [0.1, 0.15) is 5.56 Å². The number of hydrogen-bond acceptors (Lipinski definition) is 3. The number of rotatable bonds is 3. The molecular weight excluding hydrogens is 234 g/mol. The lowest BCUT2D eigenvalue weighted by Gasteiger charge is -2.33. The molecule has 2 N–H and O–H groups in total. The highest BCUT2D eigenvalue weighted by Crippen LogP contribution is 2.23. The topological polar surface area (TPSA) is 79.5 Å². The summed E-state index contributed by atoms with van der Waals surface area (Å²) >= 11 is 0. The van der Waals surface area contributed by atoms with E-state index in [0.717, 1.165) is 16.5 Å². The first-order valence-electron chi connectivity index (χ1n) is 5.64. The zero-order chi connectivity index (χ0) is 12.7. The second-order valence-corrected chi connectivity index (χ2v) is 4.43. The van der Waals surface area contributed by atoms with Crippen molar-refractivity contribution in [2.24, 2.45) is 5.92 Å². The van der Waals surface area contributed by atoms with Gasteiger partial charge in [-0.05, 0) is 30.2 Å². The van der Waals surface area contributed by atoms with Gasteiger partial charge in [0, 0.05) is 5.39 Å². The Bertz CT molecular complexity index is 631. The largest absolute Gasteiger partial charge is 0.480 e. The van der Waals surface area contributed by atoms with E-state index in [0.29, 0.717) is 6.42 Å². The molecule has 1 aromatic heterocycles. The van der Waals surface area contributed by atoms with Crippen LogP contribution in [0.2, 0.25) is 0 Å². The highest BCUT2D eigenvalue weighted by Gasteiger charge is 2.43.